The normalized spacial score (nSPS) is 24.7. The van der Waals surface area contributed by atoms with E-state index < -0.39 is 17.2 Å². The van der Waals surface area contributed by atoms with Gasteiger partial charge < -0.3 is 15.2 Å². The first-order valence-corrected chi connectivity index (χ1v) is 6.90. The molecule has 1 spiro atoms. The lowest BCUT2D eigenvalue weighted by Crippen LogP contribution is -2.64. The highest BCUT2D eigenvalue weighted by molar-refractivity contribution is 5.69. The number of carbonyl (C=O) groups excluding carboxylic acids is 1. The summed E-state index contributed by atoms with van der Waals surface area (Å²) >= 11 is 0. The predicted molar refractivity (Wildman–Crippen MR) is 69.3 cm³/mol. The first kappa shape index (κ1) is 13.7. The van der Waals surface area contributed by atoms with Crippen molar-refractivity contribution in [1.82, 2.24) is 5.32 Å². The van der Waals surface area contributed by atoms with Crippen molar-refractivity contribution in [2.45, 2.75) is 70.4 Å². The largest absolute Gasteiger partial charge is 0.444 e. The molecule has 0 atom stereocenters. The molecule has 0 heterocycles. The molecule has 0 aromatic rings. The maximum absolute atomic E-state index is 11.8. The third-order valence-corrected chi connectivity index (χ3v) is 4.16. The second kappa shape index (κ2) is 4.41. The van der Waals surface area contributed by atoms with E-state index in [1.807, 2.05) is 20.8 Å². The van der Waals surface area contributed by atoms with Crippen LogP contribution in [0.5, 0.6) is 0 Å². The highest BCUT2D eigenvalue weighted by Crippen LogP contribution is 2.57. The second-order valence-electron chi connectivity index (χ2n) is 7.13. The molecule has 0 aromatic carbocycles. The Kier molecular flexibility index (Phi) is 3.34. The molecule has 2 N–H and O–H groups in total. The predicted octanol–water partition coefficient (Wildman–Crippen LogP) is 2.60. The number of amides is 1. The van der Waals surface area contributed by atoms with E-state index in [0.29, 0.717) is 5.41 Å². The Bertz CT molecular complexity index is 318. The molecule has 18 heavy (non-hydrogen) atoms. The summed E-state index contributed by atoms with van der Waals surface area (Å²) in [6, 6.07) is 0. The van der Waals surface area contributed by atoms with Crippen LogP contribution in [0.3, 0.4) is 0 Å². The Morgan fingerprint density at radius 1 is 1.28 bits per heavy atom. The van der Waals surface area contributed by atoms with E-state index in [-0.39, 0.29) is 6.61 Å². The minimum atomic E-state index is -0.491. The molecule has 2 aliphatic carbocycles. The number of rotatable bonds is 2. The van der Waals surface area contributed by atoms with Gasteiger partial charge in [0, 0.05) is 0 Å². The Labute approximate surface area is 109 Å². The van der Waals surface area contributed by atoms with Gasteiger partial charge in [-0.2, -0.15) is 0 Å². The fourth-order valence-corrected chi connectivity index (χ4v) is 3.62. The van der Waals surface area contributed by atoms with Crippen LogP contribution in [0.15, 0.2) is 0 Å². The van der Waals surface area contributed by atoms with Gasteiger partial charge in [-0.15, -0.1) is 0 Å². The highest BCUT2D eigenvalue weighted by atomic mass is 16.6. The van der Waals surface area contributed by atoms with Gasteiger partial charge in [0.2, 0.25) is 0 Å². The Hall–Kier alpha value is -0.770. The average molecular weight is 255 g/mol. The smallest absolute Gasteiger partial charge is 0.408 e. The number of nitrogens with one attached hydrogen (secondary N) is 1. The molecule has 0 unspecified atom stereocenters. The van der Waals surface area contributed by atoms with Crippen molar-refractivity contribution < 1.29 is 14.6 Å². The number of ether oxygens (including phenoxy) is 1. The van der Waals surface area contributed by atoms with Crippen molar-refractivity contribution in [2.75, 3.05) is 6.61 Å². The lowest BCUT2D eigenvalue weighted by Gasteiger charge is -2.54. The van der Waals surface area contributed by atoms with Crippen molar-refractivity contribution in [2.24, 2.45) is 5.41 Å². The molecule has 0 aromatic heterocycles. The molecule has 4 heteroatoms. The van der Waals surface area contributed by atoms with E-state index in [0.717, 1.165) is 12.8 Å². The molecule has 2 rings (SSSR count). The van der Waals surface area contributed by atoms with Crippen LogP contribution >= 0.6 is 0 Å². The fourth-order valence-electron chi connectivity index (χ4n) is 3.62. The van der Waals surface area contributed by atoms with Gasteiger partial charge in [-0.05, 0) is 51.9 Å². The summed E-state index contributed by atoms with van der Waals surface area (Å²) in [6.45, 7) is 5.54. The maximum Gasteiger partial charge on any atom is 0.408 e. The van der Waals surface area contributed by atoms with E-state index in [1.54, 1.807) is 0 Å². The van der Waals surface area contributed by atoms with Gasteiger partial charge >= 0.3 is 6.09 Å². The summed E-state index contributed by atoms with van der Waals surface area (Å²) in [5.41, 5.74) is -0.542. The zero-order valence-electron chi connectivity index (χ0n) is 11.7. The Morgan fingerprint density at radius 2 is 1.83 bits per heavy atom. The quantitative estimate of drug-likeness (QED) is 0.797. The third-order valence-electron chi connectivity index (χ3n) is 4.16. The van der Waals surface area contributed by atoms with Gasteiger partial charge in [-0.1, -0.05) is 12.8 Å². The minimum Gasteiger partial charge on any atom is -0.444 e. The van der Waals surface area contributed by atoms with Crippen LogP contribution in [0.25, 0.3) is 0 Å². The maximum atomic E-state index is 11.8. The molecule has 104 valence electrons. The lowest BCUT2D eigenvalue weighted by atomic mass is 9.56. The topological polar surface area (TPSA) is 58.6 Å². The molecule has 4 nitrogen and oxygen atoms in total. The van der Waals surface area contributed by atoms with Crippen molar-refractivity contribution in [3.05, 3.63) is 0 Å². The molecular formula is C14H25NO3. The van der Waals surface area contributed by atoms with Crippen LogP contribution in [-0.4, -0.2) is 28.9 Å². The summed E-state index contributed by atoms with van der Waals surface area (Å²) in [5, 5.41) is 12.4. The lowest BCUT2D eigenvalue weighted by molar-refractivity contribution is -0.0373. The van der Waals surface area contributed by atoms with Crippen molar-refractivity contribution in [3.63, 3.8) is 0 Å². The summed E-state index contributed by atoms with van der Waals surface area (Å²) in [4.78, 5) is 11.8. The van der Waals surface area contributed by atoms with Crippen LogP contribution in [-0.2, 0) is 4.74 Å². The summed E-state index contributed by atoms with van der Waals surface area (Å²) < 4.78 is 5.26. The standard InChI is InChI=1S/C14H25NO3/c1-12(2,3)18-11(17)15-14(10-16)8-13(9-14)6-4-5-7-13/h16H,4-10H2,1-3H3,(H,15,17). The molecule has 0 saturated heterocycles. The Morgan fingerprint density at radius 3 is 2.28 bits per heavy atom. The molecule has 0 radical (unpaired) electrons. The van der Waals surface area contributed by atoms with Crippen molar-refractivity contribution in [3.8, 4) is 0 Å². The van der Waals surface area contributed by atoms with E-state index in [4.69, 9.17) is 4.74 Å². The first-order valence-electron chi connectivity index (χ1n) is 6.90. The zero-order chi connectivity index (χ0) is 13.4. The fraction of sp³-hybridized carbons (Fsp3) is 0.929. The van der Waals surface area contributed by atoms with Crippen LogP contribution < -0.4 is 5.32 Å². The van der Waals surface area contributed by atoms with Crippen molar-refractivity contribution >= 4 is 6.09 Å². The van der Waals surface area contributed by atoms with Crippen LogP contribution in [0.1, 0.15) is 59.3 Å². The van der Waals surface area contributed by atoms with Gasteiger partial charge in [0.25, 0.3) is 0 Å². The van der Waals surface area contributed by atoms with E-state index in [9.17, 15) is 9.90 Å². The van der Waals surface area contributed by atoms with E-state index >= 15 is 0 Å². The molecule has 2 aliphatic rings. The summed E-state index contributed by atoms with van der Waals surface area (Å²) in [6.07, 6.45) is 6.44. The average Bonchev–Trinajstić information content (AvgIpc) is 2.62. The molecule has 0 bridgehead atoms. The second-order valence-corrected chi connectivity index (χ2v) is 7.13. The zero-order valence-corrected chi connectivity index (χ0v) is 11.7. The first-order chi connectivity index (χ1) is 8.28. The van der Waals surface area contributed by atoms with Crippen LogP contribution in [0.4, 0.5) is 4.79 Å². The van der Waals surface area contributed by atoms with Gasteiger partial charge in [-0.3, -0.25) is 0 Å². The van der Waals surface area contributed by atoms with E-state index in [1.165, 1.54) is 25.7 Å². The molecule has 0 aliphatic heterocycles. The molecule has 1 amide bonds. The number of hydrogen-bond acceptors (Lipinski definition) is 3. The van der Waals surface area contributed by atoms with Crippen LogP contribution in [0.2, 0.25) is 0 Å². The molecule has 2 saturated carbocycles. The summed E-state index contributed by atoms with van der Waals surface area (Å²) in [5.74, 6) is 0. The van der Waals surface area contributed by atoms with Gasteiger partial charge in [-0.25, -0.2) is 4.79 Å². The van der Waals surface area contributed by atoms with Gasteiger partial charge in [0.15, 0.2) is 0 Å². The third kappa shape index (κ3) is 2.79. The number of alkyl carbamates (subject to hydrolysis) is 1. The number of carbonyl (C=O) groups is 1. The van der Waals surface area contributed by atoms with Crippen LogP contribution in [0, 0.1) is 5.41 Å². The van der Waals surface area contributed by atoms with E-state index in [2.05, 4.69) is 5.32 Å². The number of aliphatic hydroxyl groups excluding tert-OH is 1. The van der Waals surface area contributed by atoms with Gasteiger partial charge in [0.1, 0.15) is 5.60 Å². The minimum absolute atomic E-state index is 0.00793. The molecular weight excluding hydrogens is 230 g/mol. The monoisotopic (exact) mass is 255 g/mol. The number of aliphatic hydroxyl groups is 1. The van der Waals surface area contributed by atoms with Gasteiger partial charge in [0.05, 0.1) is 12.1 Å². The molecule has 2 fully saturated rings. The SMILES string of the molecule is CC(C)(C)OC(=O)NC1(CO)CC2(CCCC2)C1. The summed E-state index contributed by atoms with van der Waals surface area (Å²) in [7, 11) is 0. The number of hydrogen-bond donors (Lipinski definition) is 2. The highest BCUT2D eigenvalue weighted by Gasteiger charge is 2.55. The Balaban J connectivity index is 1.89. The van der Waals surface area contributed by atoms with Crippen molar-refractivity contribution in [1.29, 1.82) is 0 Å².